The molecule has 0 saturated heterocycles. The fourth-order valence-electron chi connectivity index (χ4n) is 5.14. The molecule has 0 amide bonds. The first-order valence-corrected chi connectivity index (χ1v) is 11.6. The monoisotopic (exact) mass is 485 g/mol. The van der Waals surface area contributed by atoms with Gasteiger partial charge in [-0.3, -0.25) is 9.59 Å². The Labute approximate surface area is 203 Å². The van der Waals surface area contributed by atoms with Crippen molar-refractivity contribution in [3.63, 3.8) is 0 Å². The van der Waals surface area contributed by atoms with Gasteiger partial charge < -0.3 is 25.0 Å². The maximum atomic E-state index is 13.9. The van der Waals surface area contributed by atoms with Gasteiger partial charge in [-0.25, -0.2) is 0 Å². The third-order valence-corrected chi connectivity index (χ3v) is 7.14. The maximum absolute atomic E-state index is 13.9. The lowest BCUT2D eigenvalue weighted by molar-refractivity contribution is -0.120. The summed E-state index contributed by atoms with van der Waals surface area (Å²) in [5.41, 5.74) is 2.16. The van der Waals surface area contributed by atoms with Crippen LogP contribution in [-0.2, 0) is 4.79 Å². The molecule has 0 aromatic heterocycles. The summed E-state index contributed by atoms with van der Waals surface area (Å²) in [5, 5.41) is 23.8. The summed E-state index contributed by atoms with van der Waals surface area (Å²) in [4.78, 5) is 27.7. The summed E-state index contributed by atoms with van der Waals surface area (Å²) in [5.74, 6) is -2.65. The number of carbonyl (C=O) groups excluding carboxylic acids is 2. The molecule has 34 heavy (non-hydrogen) atoms. The van der Waals surface area contributed by atoms with Crippen LogP contribution in [0.25, 0.3) is 0 Å². The Balaban J connectivity index is 1.79. The summed E-state index contributed by atoms with van der Waals surface area (Å²) >= 11 is 6.22. The van der Waals surface area contributed by atoms with Crippen LogP contribution in [0.4, 0.5) is 0 Å². The molecule has 0 spiro atoms. The first-order chi connectivity index (χ1) is 16.3. The topological polar surface area (TPSA) is 105 Å². The standard InChI is InChI=1S/C26H28ClNO6/c1-13-9-17-21(16(10-15(12-29)28-17)14-7-5-4-6-8-14)24(30)20(13)25(31)22-18(33-2)11-19(34-3)23(27)26(22)32/h4-8,11,13,15-16,20,28-29,32H,9-10,12H2,1-3H3. The van der Waals surface area contributed by atoms with Gasteiger partial charge in [0.2, 0.25) is 0 Å². The van der Waals surface area contributed by atoms with Crippen molar-refractivity contribution in [2.45, 2.75) is 31.7 Å². The molecule has 4 rings (SSSR count). The van der Waals surface area contributed by atoms with E-state index in [9.17, 15) is 19.8 Å². The Hall–Kier alpha value is -3.03. The third kappa shape index (κ3) is 4.03. The number of nitrogens with one attached hydrogen (secondary N) is 1. The minimum atomic E-state index is -1.01. The Morgan fingerprint density at radius 2 is 1.85 bits per heavy atom. The number of methoxy groups -OCH3 is 2. The van der Waals surface area contributed by atoms with E-state index in [0.717, 1.165) is 11.3 Å². The Morgan fingerprint density at radius 3 is 2.47 bits per heavy atom. The predicted octanol–water partition coefficient (Wildman–Crippen LogP) is 3.86. The van der Waals surface area contributed by atoms with Gasteiger partial charge in [-0.15, -0.1) is 0 Å². The average Bonchev–Trinajstić information content (AvgIpc) is 2.84. The first kappa shape index (κ1) is 24.1. The fraction of sp³-hybridized carbons (Fsp3) is 0.385. The number of halogens is 1. The van der Waals surface area contributed by atoms with E-state index in [2.05, 4.69) is 5.32 Å². The lowest BCUT2D eigenvalue weighted by Gasteiger charge is -2.40. The second-order valence-electron chi connectivity index (χ2n) is 8.82. The van der Waals surface area contributed by atoms with Crippen LogP contribution in [0.15, 0.2) is 47.7 Å². The highest BCUT2D eigenvalue weighted by Gasteiger charge is 2.46. The number of carbonyl (C=O) groups is 2. The largest absolute Gasteiger partial charge is 0.505 e. The Bertz CT molecular complexity index is 1150. The van der Waals surface area contributed by atoms with Crippen molar-refractivity contribution >= 4 is 23.2 Å². The summed E-state index contributed by atoms with van der Waals surface area (Å²) in [6.45, 7) is 1.78. The number of hydrogen-bond donors (Lipinski definition) is 3. The van der Waals surface area contributed by atoms with Crippen LogP contribution in [0.5, 0.6) is 17.2 Å². The van der Waals surface area contributed by atoms with Crippen molar-refractivity contribution in [2.75, 3.05) is 20.8 Å². The van der Waals surface area contributed by atoms with E-state index < -0.39 is 17.5 Å². The van der Waals surface area contributed by atoms with Crippen molar-refractivity contribution in [2.24, 2.45) is 11.8 Å². The number of hydrogen-bond acceptors (Lipinski definition) is 7. The minimum Gasteiger partial charge on any atom is -0.505 e. The molecule has 2 aromatic rings. The van der Waals surface area contributed by atoms with Gasteiger partial charge in [0, 0.05) is 29.3 Å². The van der Waals surface area contributed by atoms with Gasteiger partial charge in [0.1, 0.15) is 22.1 Å². The normalized spacial score (nSPS) is 24.3. The number of phenols is 1. The summed E-state index contributed by atoms with van der Waals surface area (Å²) in [6.07, 6.45) is 0.994. The van der Waals surface area contributed by atoms with Crippen LogP contribution in [0.3, 0.4) is 0 Å². The van der Waals surface area contributed by atoms with E-state index in [1.54, 1.807) is 0 Å². The van der Waals surface area contributed by atoms with Crippen molar-refractivity contribution < 1.29 is 29.3 Å². The molecule has 1 heterocycles. The highest BCUT2D eigenvalue weighted by molar-refractivity contribution is 6.34. The zero-order valence-corrected chi connectivity index (χ0v) is 20.1. The van der Waals surface area contributed by atoms with Crippen LogP contribution >= 0.6 is 11.6 Å². The number of ether oxygens (including phenoxy) is 2. The van der Waals surface area contributed by atoms with Gasteiger partial charge in [0.05, 0.1) is 26.7 Å². The smallest absolute Gasteiger partial charge is 0.181 e. The molecular formula is C26H28ClNO6. The zero-order chi connectivity index (χ0) is 24.6. The van der Waals surface area contributed by atoms with Crippen LogP contribution in [-0.4, -0.2) is 48.6 Å². The Morgan fingerprint density at radius 1 is 1.18 bits per heavy atom. The van der Waals surface area contributed by atoms with Crippen LogP contribution < -0.4 is 14.8 Å². The van der Waals surface area contributed by atoms with E-state index in [1.807, 2.05) is 37.3 Å². The molecule has 4 atom stereocenters. The van der Waals surface area contributed by atoms with Crippen molar-refractivity contribution in [1.29, 1.82) is 0 Å². The van der Waals surface area contributed by atoms with E-state index in [0.29, 0.717) is 18.4 Å². The average molecular weight is 486 g/mol. The molecule has 2 aliphatic rings. The molecule has 8 heteroatoms. The number of aliphatic hydroxyl groups excluding tert-OH is 1. The number of aliphatic hydroxyl groups is 1. The van der Waals surface area contributed by atoms with E-state index in [1.165, 1.54) is 20.3 Å². The second-order valence-corrected chi connectivity index (χ2v) is 9.20. The van der Waals surface area contributed by atoms with Gasteiger partial charge in [-0.1, -0.05) is 48.9 Å². The summed E-state index contributed by atoms with van der Waals surface area (Å²) < 4.78 is 10.5. The molecule has 0 saturated carbocycles. The maximum Gasteiger partial charge on any atom is 0.181 e. The molecule has 180 valence electrons. The number of aromatic hydroxyl groups is 1. The lowest BCUT2D eigenvalue weighted by atomic mass is 9.67. The molecule has 4 unspecified atom stereocenters. The van der Waals surface area contributed by atoms with Gasteiger partial charge in [0.15, 0.2) is 17.3 Å². The second kappa shape index (κ2) is 9.68. The molecular weight excluding hydrogens is 458 g/mol. The molecule has 3 N–H and O–H groups in total. The quantitative estimate of drug-likeness (QED) is 0.421. The van der Waals surface area contributed by atoms with E-state index in [-0.39, 0.29) is 52.4 Å². The molecule has 0 fully saturated rings. The highest BCUT2D eigenvalue weighted by atomic mass is 35.5. The Kier molecular flexibility index (Phi) is 6.86. The van der Waals surface area contributed by atoms with Gasteiger partial charge in [0.25, 0.3) is 0 Å². The summed E-state index contributed by atoms with van der Waals surface area (Å²) in [7, 11) is 2.76. The van der Waals surface area contributed by atoms with Crippen LogP contribution in [0, 0.1) is 11.8 Å². The number of phenolic OH excluding ortho intramolecular Hbond substituents is 1. The molecule has 2 aromatic carbocycles. The third-order valence-electron chi connectivity index (χ3n) is 6.78. The van der Waals surface area contributed by atoms with E-state index in [4.69, 9.17) is 21.1 Å². The molecule has 1 aliphatic carbocycles. The zero-order valence-electron chi connectivity index (χ0n) is 19.3. The van der Waals surface area contributed by atoms with Gasteiger partial charge in [-0.05, 0) is 24.3 Å². The number of rotatable bonds is 6. The molecule has 0 radical (unpaired) electrons. The predicted molar refractivity (Wildman–Crippen MR) is 128 cm³/mol. The molecule has 0 bridgehead atoms. The van der Waals surface area contributed by atoms with E-state index >= 15 is 0 Å². The van der Waals surface area contributed by atoms with Crippen LogP contribution in [0.2, 0.25) is 5.02 Å². The van der Waals surface area contributed by atoms with Crippen molar-refractivity contribution in [3.05, 3.63) is 63.8 Å². The number of ketones is 2. The highest BCUT2D eigenvalue weighted by Crippen LogP contribution is 2.47. The number of allylic oxidation sites excluding steroid dienone is 2. The van der Waals surface area contributed by atoms with Crippen molar-refractivity contribution in [1.82, 2.24) is 5.32 Å². The lowest BCUT2D eigenvalue weighted by Crippen LogP contribution is -2.47. The fourth-order valence-corrected chi connectivity index (χ4v) is 5.36. The molecule has 1 aliphatic heterocycles. The van der Waals surface area contributed by atoms with Crippen LogP contribution in [0.1, 0.15) is 41.6 Å². The number of benzene rings is 2. The number of Topliss-reactive ketones (excluding diaryl/α,β-unsaturated/α-hetero) is 2. The summed E-state index contributed by atoms with van der Waals surface area (Å²) in [6, 6.07) is 10.9. The minimum absolute atomic E-state index is 0.0551. The first-order valence-electron chi connectivity index (χ1n) is 11.2. The van der Waals surface area contributed by atoms with Gasteiger partial charge in [-0.2, -0.15) is 0 Å². The SMILES string of the molecule is COc1cc(OC)c(C(=O)C2C(=O)C3=C(CC2C)NC(CO)CC3c2ccccc2)c(O)c1Cl. The van der Waals surface area contributed by atoms with Crippen molar-refractivity contribution in [3.8, 4) is 17.2 Å². The molecule has 7 nitrogen and oxygen atoms in total. The van der Waals surface area contributed by atoms with Gasteiger partial charge >= 0.3 is 0 Å².